The lowest BCUT2D eigenvalue weighted by molar-refractivity contribution is 0.479. The number of benzene rings is 1. The molecule has 0 amide bonds. The Balaban J connectivity index is 2.67. The van der Waals surface area contributed by atoms with Crippen LogP contribution in [0.5, 0.6) is 0 Å². The minimum atomic E-state index is 0.0467. The van der Waals surface area contributed by atoms with Gasteiger partial charge in [0.25, 0.3) is 0 Å². The monoisotopic (exact) mass is 262 g/mol. The quantitative estimate of drug-likeness (QED) is 0.771. The van der Waals surface area contributed by atoms with Crippen LogP contribution in [-0.2, 0) is 0 Å². The highest BCUT2D eigenvalue weighted by Crippen LogP contribution is 2.34. The third kappa shape index (κ3) is 2.35. The summed E-state index contributed by atoms with van der Waals surface area (Å²) in [5.41, 5.74) is 1.99. The fourth-order valence-corrected chi connectivity index (χ4v) is 2.98. The number of hydrogen-bond donors (Lipinski definition) is 0. The Hall–Kier alpha value is -1.15. The number of aryl methyl sites for hydroxylation is 1. The molecule has 0 saturated carbocycles. The molecular weight excluding hydrogens is 244 g/mol. The highest BCUT2D eigenvalue weighted by Gasteiger charge is 2.25. The number of hydrogen-bond acceptors (Lipinski definition) is 2. The predicted molar refractivity (Wildman–Crippen MR) is 77.2 cm³/mol. The van der Waals surface area contributed by atoms with Crippen molar-refractivity contribution >= 4 is 22.4 Å². The van der Waals surface area contributed by atoms with Gasteiger partial charge in [-0.2, -0.15) is 10.2 Å². The molecule has 1 heterocycles. The lowest BCUT2D eigenvalue weighted by atomic mass is 9.87. The Bertz CT molecular complexity index is 541. The van der Waals surface area contributed by atoms with E-state index in [1.54, 1.807) is 0 Å². The number of alkyl halides is 1. The number of rotatable bonds is 3. The molecule has 0 radical (unpaired) electrons. The van der Waals surface area contributed by atoms with Crippen LogP contribution in [0.3, 0.4) is 0 Å². The molecule has 2 atom stereocenters. The summed E-state index contributed by atoms with van der Waals surface area (Å²) in [6, 6.07) is 8.29. The molecule has 0 aliphatic heterocycles. The molecule has 2 unspecified atom stereocenters. The van der Waals surface area contributed by atoms with Crippen LogP contribution in [0.25, 0.3) is 10.8 Å². The lowest BCUT2D eigenvalue weighted by Crippen LogP contribution is -2.18. The maximum atomic E-state index is 6.35. The molecule has 2 aromatic rings. The van der Waals surface area contributed by atoms with E-state index in [1.165, 1.54) is 10.8 Å². The van der Waals surface area contributed by atoms with E-state index in [4.69, 9.17) is 11.6 Å². The molecule has 1 aromatic heterocycles. The number of halogens is 1. The van der Waals surface area contributed by atoms with Gasteiger partial charge in [-0.15, -0.1) is 11.6 Å². The molecule has 0 bridgehead atoms. The summed E-state index contributed by atoms with van der Waals surface area (Å²) in [5.74, 6) is 0.669. The standard InChI is InChI=1S/C15H19ClN2/c1-9(2)14(10(3)16)15-13-8-6-5-7-12(13)11(4)17-18-15/h5-10,14H,1-4H3. The van der Waals surface area contributed by atoms with Gasteiger partial charge in [-0.25, -0.2) is 0 Å². The molecule has 0 aliphatic carbocycles. The van der Waals surface area contributed by atoms with Crippen LogP contribution >= 0.6 is 11.6 Å². The Kier molecular flexibility index (Phi) is 3.86. The minimum Gasteiger partial charge on any atom is -0.155 e. The summed E-state index contributed by atoms with van der Waals surface area (Å²) in [4.78, 5) is 0. The van der Waals surface area contributed by atoms with Crippen molar-refractivity contribution < 1.29 is 0 Å². The van der Waals surface area contributed by atoms with Gasteiger partial charge in [-0.05, 0) is 19.8 Å². The summed E-state index contributed by atoms with van der Waals surface area (Å²) in [6.45, 7) is 8.38. The summed E-state index contributed by atoms with van der Waals surface area (Å²) in [5, 5.41) is 11.1. The van der Waals surface area contributed by atoms with Gasteiger partial charge in [0.2, 0.25) is 0 Å². The van der Waals surface area contributed by atoms with Crippen LogP contribution in [0.2, 0.25) is 0 Å². The van der Waals surface area contributed by atoms with Crippen LogP contribution in [0.4, 0.5) is 0 Å². The van der Waals surface area contributed by atoms with Crippen molar-refractivity contribution in [3.05, 3.63) is 35.7 Å². The van der Waals surface area contributed by atoms with Crippen molar-refractivity contribution in [2.75, 3.05) is 0 Å². The normalized spacial score (nSPS) is 15.0. The number of fused-ring (bicyclic) bond motifs is 1. The Morgan fingerprint density at radius 2 is 1.61 bits per heavy atom. The van der Waals surface area contributed by atoms with Crippen LogP contribution in [0, 0.1) is 12.8 Å². The Morgan fingerprint density at radius 1 is 1.00 bits per heavy atom. The van der Waals surface area contributed by atoms with Crippen molar-refractivity contribution in [3.8, 4) is 0 Å². The molecule has 2 nitrogen and oxygen atoms in total. The summed E-state index contributed by atoms with van der Waals surface area (Å²) in [7, 11) is 0. The maximum Gasteiger partial charge on any atom is 0.0757 e. The van der Waals surface area contributed by atoms with Crippen molar-refractivity contribution in [1.29, 1.82) is 0 Å². The Labute approximate surface area is 113 Å². The topological polar surface area (TPSA) is 25.8 Å². The van der Waals surface area contributed by atoms with E-state index in [0.29, 0.717) is 5.92 Å². The van der Waals surface area contributed by atoms with Crippen molar-refractivity contribution in [1.82, 2.24) is 10.2 Å². The second-order valence-electron chi connectivity index (χ2n) is 5.16. The second-order valence-corrected chi connectivity index (χ2v) is 5.85. The molecule has 2 rings (SSSR count). The molecule has 0 saturated heterocycles. The minimum absolute atomic E-state index is 0.0467. The van der Waals surface area contributed by atoms with Gasteiger partial charge < -0.3 is 0 Å². The molecular formula is C15H19ClN2. The third-order valence-electron chi connectivity index (χ3n) is 3.43. The van der Waals surface area contributed by atoms with Gasteiger partial charge in [-0.3, -0.25) is 0 Å². The van der Waals surface area contributed by atoms with E-state index in [9.17, 15) is 0 Å². The van der Waals surface area contributed by atoms with Gasteiger partial charge in [0.1, 0.15) is 0 Å². The van der Waals surface area contributed by atoms with Crippen LogP contribution in [-0.4, -0.2) is 15.6 Å². The first-order chi connectivity index (χ1) is 8.52. The summed E-state index contributed by atoms with van der Waals surface area (Å²) >= 11 is 6.35. The summed E-state index contributed by atoms with van der Waals surface area (Å²) in [6.07, 6.45) is 0. The van der Waals surface area contributed by atoms with Gasteiger partial charge in [0, 0.05) is 22.1 Å². The average molecular weight is 263 g/mol. The maximum absolute atomic E-state index is 6.35. The van der Waals surface area contributed by atoms with Gasteiger partial charge in [0.15, 0.2) is 0 Å². The predicted octanol–water partition coefficient (Wildman–Crippen LogP) is 4.31. The SMILES string of the molecule is Cc1nnc(C(C(C)C)C(C)Cl)c2ccccc12. The second kappa shape index (κ2) is 5.23. The van der Waals surface area contributed by atoms with Crippen LogP contribution in [0.1, 0.15) is 38.1 Å². The van der Waals surface area contributed by atoms with E-state index in [0.717, 1.165) is 11.4 Å². The molecule has 18 heavy (non-hydrogen) atoms. The van der Waals surface area contributed by atoms with Crippen molar-refractivity contribution in [3.63, 3.8) is 0 Å². The van der Waals surface area contributed by atoms with E-state index in [1.807, 2.05) is 26.0 Å². The molecule has 3 heteroatoms. The highest BCUT2D eigenvalue weighted by atomic mass is 35.5. The zero-order valence-corrected chi connectivity index (χ0v) is 12.1. The van der Waals surface area contributed by atoms with Crippen molar-refractivity contribution in [2.24, 2.45) is 5.92 Å². The molecule has 0 aliphatic rings. The van der Waals surface area contributed by atoms with Crippen LogP contribution < -0.4 is 0 Å². The first kappa shape index (κ1) is 13.3. The highest BCUT2D eigenvalue weighted by molar-refractivity contribution is 6.21. The molecule has 1 aromatic carbocycles. The smallest absolute Gasteiger partial charge is 0.0757 e. The first-order valence-corrected chi connectivity index (χ1v) is 6.82. The van der Waals surface area contributed by atoms with E-state index in [-0.39, 0.29) is 11.3 Å². The van der Waals surface area contributed by atoms with E-state index in [2.05, 4.69) is 36.2 Å². The fraction of sp³-hybridized carbons (Fsp3) is 0.467. The molecule has 96 valence electrons. The lowest BCUT2D eigenvalue weighted by Gasteiger charge is -2.23. The first-order valence-electron chi connectivity index (χ1n) is 6.38. The van der Waals surface area contributed by atoms with Gasteiger partial charge >= 0.3 is 0 Å². The van der Waals surface area contributed by atoms with Crippen molar-refractivity contribution in [2.45, 2.75) is 39.0 Å². The fourth-order valence-electron chi connectivity index (χ4n) is 2.57. The molecule has 0 fully saturated rings. The zero-order chi connectivity index (χ0) is 13.3. The zero-order valence-electron chi connectivity index (χ0n) is 11.3. The van der Waals surface area contributed by atoms with Crippen LogP contribution in [0.15, 0.2) is 24.3 Å². The molecule has 0 N–H and O–H groups in total. The number of aromatic nitrogens is 2. The van der Waals surface area contributed by atoms with E-state index >= 15 is 0 Å². The summed E-state index contributed by atoms with van der Waals surface area (Å²) < 4.78 is 0. The third-order valence-corrected chi connectivity index (χ3v) is 3.70. The molecule has 0 spiro atoms. The Morgan fingerprint density at radius 3 is 2.17 bits per heavy atom. The average Bonchev–Trinajstić information content (AvgIpc) is 2.32. The van der Waals surface area contributed by atoms with Gasteiger partial charge in [-0.1, -0.05) is 38.1 Å². The number of nitrogens with zero attached hydrogens (tertiary/aromatic N) is 2. The largest absolute Gasteiger partial charge is 0.155 e. The van der Waals surface area contributed by atoms with E-state index < -0.39 is 0 Å². The van der Waals surface area contributed by atoms with Gasteiger partial charge in [0.05, 0.1) is 11.4 Å².